The first-order valence-electron chi connectivity index (χ1n) is 9.54. The van der Waals surface area contributed by atoms with Crippen LogP contribution in [0.3, 0.4) is 0 Å². The van der Waals surface area contributed by atoms with Crippen LogP contribution in [0.25, 0.3) is 0 Å². The standard InChI is InChI=1S/C19H29N5S.2ClH/c1-3-4-18-22-15(14-25-18)12-24(13-17-21-9-10-23(17)2)16-11-19(16)5-7-20-8-6-19;;/h9-10,14,16,20H,3-8,11-13H2,1-2H3;2*1H. The Balaban J connectivity index is 0.00000131. The molecule has 1 saturated heterocycles. The Kier molecular flexibility index (Phi) is 8.13. The summed E-state index contributed by atoms with van der Waals surface area (Å²) < 4.78 is 2.15. The lowest BCUT2D eigenvalue weighted by Crippen LogP contribution is -2.36. The van der Waals surface area contributed by atoms with Gasteiger partial charge in [0.1, 0.15) is 5.82 Å². The van der Waals surface area contributed by atoms with Crippen LogP contribution < -0.4 is 5.32 Å². The van der Waals surface area contributed by atoms with Crippen LogP contribution in [0.4, 0.5) is 0 Å². The van der Waals surface area contributed by atoms with Crippen molar-refractivity contribution < 1.29 is 0 Å². The third-order valence-electron chi connectivity index (χ3n) is 5.88. The summed E-state index contributed by atoms with van der Waals surface area (Å²) in [5.74, 6) is 1.15. The van der Waals surface area contributed by atoms with E-state index in [0.29, 0.717) is 11.5 Å². The average molecular weight is 432 g/mol. The second kappa shape index (κ2) is 9.70. The van der Waals surface area contributed by atoms with Gasteiger partial charge < -0.3 is 9.88 Å². The van der Waals surface area contributed by atoms with E-state index in [-0.39, 0.29) is 24.8 Å². The van der Waals surface area contributed by atoms with Crippen LogP contribution in [0.1, 0.15) is 49.1 Å². The first-order valence-corrected chi connectivity index (χ1v) is 10.4. The maximum absolute atomic E-state index is 4.87. The highest BCUT2D eigenvalue weighted by Crippen LogP contribution is 2.56. The van der Waals surface area contributed by atoms with Gasteiger partial charge in [-0.15, -0.1) is 36.2 Å². The zero-order chi connectivity index (χ0) is 17.3. The van der Waals surface area contributed by atoms with Crippen LogP contribution in [0.2, 0.25) is 0 Å². The van der Waals surface area contributed by atoms with Crippen molar-refractivity contribution in [2.75, 3.05) is 13.1 Å². The molecule has 1 spiro atoms. The van der Waals surface area contributed by atoms with E-state index in [0.717, 1.165) is 25.3 Å². The lowest BCUT2D eigenvalue weighted by atomic mass is 9.93. The highest BCUT2D eigenvalue weighted by molar-refractivity contribution is 7.09. The first-order chi connectivity index (χ1) is 12.2. The van der Waals surface area contributed by atoms with Gasteiger partial charge in [-0.05, 0) is 50.6 Å². The molecule has 3 heterocycles. The predicted octanol–water partition coefficient (Wildman–Crippen LogP) is 3.82. The number of piperidine rings is 1. The Morgan fingerprint density at radius 3 is 2.74 bits per heavy atom. The van der Waals surface area contributed by atoms with Gasteiger partial charge >= 0.3 is 0 Å². The molecule has 1 aliphatic heterocycles. The van der Waals surface area contributed by atoms with Crippen molar-refractivity contribution in [2.45, 2.75) is 58.2 Å². The van der Waals surface area contributed by atoms with Crippen molar-refractivity contribution in [3.05, 3.63) is 34.3 Å². The van der Waals surface area contributed by atoms with Gasteiger partial charge in [0.25, 0.3) is 0 Å². The number of hydrogen-bond acceptors (Lipinski definition) is 5. The number of rotatable bonds is 7. The molecule has 4 rings (SSSR count). The van der Waals surface area contributed by atoms with Gasteiger partial charge in [-0.3, -0.25) is 4.90 Å². The van der Waals surface area contributed by atoms with Crippen LogP contribution in [0, 0.1) is 5.41 Å². The number of aromatic nitrogens is 3. The monoisotopic (exact) mass is 431 g/mol. The van der Waals surface area contributed by atoms with Gasteiger partial charge in [-0.25, -0.2) is 9.97 Å². The van der Waals surface area contributed by atoms with Gasteiger partial charge in [0.2, 0.25) is 0 Å². The normalized spacial score (nSPS) is 20.3. The molecule has 152 valence electrons. The van der Waals surface area contributed by atoms with Crippen LogP contribution in [0.15, 0.2) is 17.8 Å². The Morgan fingerprint density at radius 1 is 1.30 bits per heavy atom. The summed E-state index contributed by atoms with van der Waals surface area (Å²) in [5.41, 5.74) is 1.78. The van der Waals surface area contributed by atoms with Crippen molar-refractivity contribution in [3.8, 4) is 0 Å². The molecule has 2 aromatic heterocycles. The molecule has 1 aliphatic carbocycles. The molecular formula is C19H31Cl2N5S. The highest BCUT2D eigenvalue weighted by Gasteiger charge is 2.56. The smallest absolute Gasteiger partial charge is 0.122 e. The third kappa shape index (κ3) is 5.04. The van der Waals surface area contributed by atoms with Crippen molar-refractivity contribution in [1.82, 2.24) is 24.8 Å². The summed E-state index contributed by atoms with van der Waals surface area (Å²) in [7, 11) is 2.09. The van der Waals surface area contributed by atoms with E-state index < -0.39 is 0 Å². The minimum absolute atomic E-state index is 0. The lowest BCUT2D eigenvalue weighted by Gasteiger charge is -2.29. The minimum atomic E-state index is 0. The average Bonchev–Trinajstić information content (AvgIpc) is 2.93. The molecule has 0 amide bonds. The Labute approximate surface area is 178 Å². The molecule has 27 heavy (non-hydrogen) atoms. The number of halogens is 2. The quantitative estimate of drug-likeness (QED) is 0.723. The van der Waals surface area contributed by atoms with Crippen molar-refractivity contribution in [3.63, 3.8) is 0 Å². The number of aryl methyl sites for hydroxylation is 2. The first kappa shape index (κ1) is 22.6. The molecule has 5 nitrogen and oxygen atoms in total. The Morgan fingerprint density at radius 2 is 2.07 bits per heavy atom. The van der Waals surface area contributed by atoms with E-state index >= 15 is 0 Å². The number of thiazole rings is 1. The number of hydrogen-bond donors (Lipinski definition) is 1. The Bertz CT molecular complexity index is 711. The van der Waals surface area contributed by atoms with Gasteiger partial charge in [0.15, 0.2) is 0 Å². The highest BCUT2D eigenvalue weighted by atomic mass is 35.5. The maximum atomic E-state index is 4.87. The van der Waals surface area contributed by atoms with Gasteiger partial charge in [-0.2, -0.15) is 0 Å². The fraction of sp³-hybridized carbons (Fsp3) is 0.684. The Hall–Kier alpha value is -0.660. The number of nitrogens with zero attached hydrogens (tertiary/aromatic N) is 4. The predicted molar refractivity (Wildman–Crippen MR) is 116 cm³/mol. The van der Waals surface area contributed by atoms with E-state index in [1.54, 1.807) is 0 Å². The van der Waals surface area contributed by atoms with Crippen molar-refractivity contribution in [1.29, 1.82) is 0 Å². The molecule has 2 aromatic rings. The largest absolute Gasteiger partial charge is 0.337 e. The molecule has 2 aliphatic rings. The van der Waals surface area contributed by atoms with Gasteiger partial charge in [0, 0.05) is 37.4 Å². The zero-order valence-corrected chi connectivity index (χ0v) is 18.6. The minimum Gasteiger partial charge on any atom is -0.337 e. The molecule has 1 saturated carbocycles. The second-order valence-electron chi connectivity index (χ2n) is 7.67. The fourth-order valence-electron chi connectivity index (χ4n) is 4.27. The van der Waals surface area contributed by atoms with Gasteiger partial charge in [-0.1, -0.05) is 6.92 Å². The van der Waals surface area contributed by atoms with E-state index in [9.17, 15) is 0 Å². The van der Waals surface area contributed by atoms with Crippen LogP contribution >= 0.6 is 36.2 Å². The molecule has 0 radical (unpaired) electrons. The molecule has 2 fully saturated rings. The van der Waals surface area contributed by atoms with Crippen LogP contribution in [-0.4, -0.2) is 38.6 Å². The second-order valence-corrected chi connectivity index (χ2v) is 8.62. The van der Waals surface area contributed by atoms with E-state index in [1.807, 2.05) is 23.7 Å². The summed E-state index contributed by atoms with van der Waals surface area (Å²) in [5, 5.41) is 7.05. The topological polar surface area (TPSA) is 46.0 Å². The van der Waals surface area contributed by atoms with Crippen molar-refractivity contribution >= 4 is 36.2 Å². The molecular weight excluding hydrogens is 401 g/mol. The summed E-state index contributed by atoms with van der Waals surface area (Å²) in [4.78, 5) is 12.1. The van der Waals surface area contributed by atoms with E-state index in [2.05, 4.69) is 39.1 Å². The molecule has 0 aromatic carbocycles. The van der Waals surface area contributed by atoms with E-state index in [4.69, 9.17) is 4.98 Å². The maximum Gasteiger partial charge on any atom is 0.122 e. The van der Waals surface area contributed by atoms with E-state index in [1.165, 1.54) is 49.5 Å². The molecule has 8 heteroatoms. The summed E-state index contributed by atoms with van der Waals surface area (Å²) in [6, 6.07) is 0.683. The fourth-order valence-corrected chi connectivity index (χ4v) is 5.16. The van der Waals surface area contributed by atoms with Crippen molar-refractivity contribution in [2.24, 2.45) is 12.5 Å². The molecule has 1 N–H and O–H groups in total. The summed E-state index contributed by atoms with van der Waals surface area (Å²) >= 11 is 1.82. The van der Waals surface area contributed by atoms with Crippen LogP contribution in [-0.2, 0) is 26.6 Å². The summed E-state index contributed by atoms with van der Waals surface area (Å²) in [6.45, 7) is 6.44. The number of imidazole rings is 1. The third-order valence-corrected chi connectivity index (χ3v) is 6.84. The molecule has 1 unspecified atom stereocenters. The lowest BCUT2D eigenvalue weighted by molar-refractivity contribution is 0.181. The van der Waals surface area contributed by atoms with Gasteiger partial charge in [0.05, 0.1) is 17.2 Å². The SMILES string of the molecule is CCCc1nc(CN(Cc2nccn2C)C2CC23CCNCC3)cs1.Cl.Cl. The molecule has 1 atom stereocenters. The number of nitrogens with one attached hydrogen (secondary N) is 1. The summed E-state index contributed by atoms with van der Waals surface area (Å²) in [6.07, 6.45) is 10.2. The zero-order valence-electron chi connectivity index (χ0n) is 16.2. The molecule has 0 bridgehead atoms. The van der Waals surface area contributed by atoms with Crippen LogP contribution in [0.5, 0.6) is 0 Å².